The molecule has 3 aromatic rings. The van der Waals surface area contributed by atoms with Crippen LogP contribution in [0.25, 0.3) is 11.5 Å². The van der Waals surface area contributed by atoms with E-state index in [1.54, 1.807) is 24.3 Å². The summed E-state index contributed by atoms with van der Waals surface area (Å²) in [6.07, 6.45) is 2.53. The second-order valence-corrected chi connectivity index (χ2v) is 7.55. The van der Waals surface area contributed by atoms with Crippen molar-refractivity contribution in [3.63, 3.8) is 0 Å². The number of amides is 1. The van der Waals surface area contributed by atoms with Crippen LogP contribution < -0.4 is 10.1 Å². The van der Waals surface area contributed by atoms with Gasteiger partial charge in [0.1, 0.15) is 17.0 Å². The minimum atomic E-state index is -0.303. The van der Waals surface area contributed by atoms with Crippen molar-refractivity contribution in [2.45, 2.75) is 25.0 Å². The van der Waals surface area contributed by atoms with Gasteiger partial charge >= 0.3 is 0 Å². The number of hydrogen-bond donors (Lipinski definition) is 1. The minimum absolute atomic E-state index is 0.112. The molecule has 1 aliphatic rings. The molecule has 2 aromatic heterocycles. The zero-order valence-electron chi connectivity index (χ0n) is 15.8. The lowest BCUT2D eigenvalue weighted by Gasteiger charge is -2.27. The van der Waals surface area contributed by atoms with E-state index in [0.717, 1.165) is 12.0 Å². The fourth-order valence-electron chi connectivity index (χ4n) is 3.00. The number of hydrogen-bond acceptors (Lipinski definition) is 7. The number of halogens is 2. The first kappa shape index (κ1) is 20.6. The highest BCUT2D eigenvalue weighted by Gasteiger charge is 2.28. The first-order valence-electron chi connectivity index (χ1n) is 9.31. The minimum Gasteiger partial charge on any atom is -0.482 e. The summed E-state index contributed by atoms with van der Waals surface area (Å²) in [5, 5.41) is 12.1. The molecule has 1 N–H and O–H groups in total. The van der Waals surface area contributed by atoms with Gasteiger partial charge < -0.3 is 19.2 Å². The summed E-state index contributed by atoms with van der Waals surface area (Å²) >= 11 is 11.6. The lowest BCUT2D eigenvalue weighted by atomic mass is 10.0. The lowest BCUT2D eigenvalue weighted by Crippen LogP contribution is -2.43. The average molecular weight is 449 g/mol. The molecule has 0 saturated carbocycles. The Morgan fingerprint density at radius 1 is 1.13 bits per heavy atom. The second kappa shape index (κ2) is 9.42. The summed E-state index contributed by atoms with van der Waals surface area (Å²) in [4.78, 5) is 16.0. The SMILES string of the molecule is O=C(COc1ccc(Cl)nc1)N[C@@H]1CC[C@@H](c2nnc(-c3ccc(Cl)cc3)o2)OC1. The molecule has 1 fully saturated rings. The second-order valence-electron chi connectivity index (χ2n) is 6.72. The molecule has 0 radical (unpaired) electrons. The molecule has 3 heterocycles. The van der Waals surface area contributed by atoms with Crippen LogP contribution in [0.2, 0.25) is 10.2 Å². The zero-order chi connectivity index (χ0) is 20.9. The predicted octanol–water partition coefficient (Wildman–Crippen LogP) is 3.85. The molecule has 0 unspecified atom stereocenters. The van der Waals surface area contributed by atoms with Crippen LogP contribution in [0.5, 0.6) is 5.75 Å². The highest BCUT2D eigenvalue weighted by atomic mass is 35.5. The molecular formula is C20H18Cl2N4O4. The van der Waals surface area contributed by atoms with Crippen molar-refractivity contribution < 1.29 is 18.7 Å². The maximum atomic E-state index is 12.1. The van der Waals surface area contributed by atoms with E-state index < -0.39 is 0 Å². The molecule has 1 saturated heterocycles. The van der Waals surface area contributed by atoms with E-state index in [0.29, 0.717) is 40.7 Å². The Morgan fingerprint density at radius 2 is 1.97 bits per heavy atom. The number of nitrogens with one attached hydrogen (secondary N) is 1. The summed E-state index contributed by atoms with van der Waals surface area (Å²) in [6, 6.07) is 10.3. The van der Waals surface area contributed by atoms with Crippen molar-refractivity contribution in [2.24, 2.45) is 0 Å². The highest BCUT2D eigenvalue weighted by Crippen LogP contribution is 2.29. The summed E-state index contributed by atoms with van der Waals surface area (Å²) in [5.74, 6) is 1.07. The standard InChI is InChI=1S/C20H18Cl2N4O4/c21-13-3-1-12(2-4-13)19-25-26-20(30-19)16-7-5-14(10-29-16)24-18(27)11-28-15-6-8-17(22)23-9-15/h1-4,6,8-9,14,16H,5,7,10-11H2,(H,24,27)/t14-,16+/m1/s1. The number of ether oxygens (including phenoxy) is 2. The quantitative estimate of drug-likeness (QED) is 0.571. The first-order chi connectivity index (χ1) is 14.6. The van der Waals surface area contributed by atoms with E-state index in [1.165, 1.54) is 6.20 Å². The van der Waals surface area contributed by atoms with E-state index in [1.807, 2.05) is 12.1 Å². The number of aromatic nitrogens is 3. The van der Waals surface area contributed by atoms with Gasteiger partial charge in [0.2, 0.25) is 11.8 Å². The molecule has 1 aromatic carbocycles. The number of benzene rings is 1. The smallest absolute Gasteiger partial charge is 0.258 e. The summed E-state index contributed by atoms with van der Waals surface area (Å²) in [7, 11) is 0. The number of carbonyl (C=O) groups excluding carboxylic acids is 1. The van der Waals surface area contributed by atoms with Crippen LogP contribution in [0.4, 0.5) is 0 Å². The van der Waals surface area contributed by atoms with Crippen molar-refractivity contribution >= 4 is 29.1 Å². The van der Waals surface area contributed by atoms with Crippen molar-refractivity contribution in [3.8, 4) is 17.2 Å². The van der Waals surface area contributed by atoms with Crippen LogP contribution in [-0.4, -0.2) is 40.3 Å². The van der Waals surface area contributed by atoms with Gasteiger partial charge in [-0.05, 0) is 49.2 Å². The molecule has 30 heavy (non-hydrogen) atoms. The van der Waals surface area contributed by atoms with Crippen LogP contribution >= 0.6 is 23.2 Å². The molecule has 1 amide bonds. The Morgan fingerprint density at radius 3 is 2.67 bits per heavy atom. The van der Waals surface area contributed by atoms with Crippen LogP contribution in [0.1, 0.15) is 24.8 Å². The maximum absolute atomic E-state index is 12.1. The molecule has 1 aliphatic heterocycles. The van der Waals surface area contributed by atoms with Crippen molar-refractivity contribution in [2.75, 3.05) is 13.2 Å². The van der Waals surface area contributed by atoms with E-state index in [4.69, 9.17) is 37.1 Å². The Labute approximate surface area is 182 Å². The zero-order valence-corrected chi connectivity index (χ0v) is 17.3. The molecule has 0 spiro atoms. The third kappa shape index (κ3) is 5.27. The van der Waals surface area contributed by atoms with E-state index >= 15 is 0 Å². The number of nitrogens with zero attached hydrogens (tertiary/aromatic N) is 3. The number of rotatable bonds is 6. The van der Waals surface area contributed by atoms with Crippen LogP contribution in [-0.2, 0) is 9.53 Å². The van der Waals surface area contributed by atoms with Gasteiger partial charge in [0.15, 0.2) is 6.61 Å². The Hall–Kier alpha value is -2.68. The lowest BCUT2D eigenvalue weighted by molar-refractivity contribution is -0.125. The van der Waals surface area contributed by atoms with E-state index in [-0.39, 0.29) is 24.7 Å². The topological polar surface area (TPSA) is 99.4 Å². The van der Waals surface area contributed by atoms with Gasteiger partial charge in [-0.2, -0.15) is 0 Å². The maximum Gasteiger partial charge on any atom is 0.258 e. The number of carbonyl (C=O) groups is 1. The molecule has 2 atom stereocenters. The summed E-state index contributed by atoms with van der Waals surface area (Å²) in [5.41, 5.74) is 0.787. The van der Waals surface area contributed by atoms with Gasteiger partial charge in [0.05, 0.1) is 18.8 Å². The normalized spacial score (nSPS) is 18.7. The van der Waals surface area contributed by atoms with Gasteiger partial charge in [-0.3, -0.25) is 4.79 Å². The van der Waals surface area contributed by atoms with Crippen LogP contribution in [0, 0.1) is 0 Å². The molecule has 0 aliphatic carbocycles. The highest BCUT2D eigenvalue weighted by molar-refractivity contribution is 6.30. The van der Waals surface area contributed by atoms with Gasteiger partial charge in [0.25, 0.3) is 5.91 Å². The Balaban J connectivity index is 1.24. The van der Waals surface area contributed by atoms with Gasteiger partial charge in [-0.15, -0.1) is 10.2 Å². The largest absolute Gasteiger partial charge is 0.482 e. The third-order valence-corrected chi connectivity index (χ3v) is 4.99. The molecule has 10 heteroatoms. The predicted molar refractivity (Wildman–Crippen MR) is 109 cm³/mol. The Kier molecular flexibility index (Phi) is 6.47. The van der Waals surface area contributed by atoms with Gasteiger partial charge in [-0.25, -0.2) is 4.98 Å². The van der Waals surface area contributed by atoms with Crippen molar-refractivity contribution in [1.82, 2.24) is 20.5 Å². The van der Waals surface area contributed by atoms with Crippen molar-refractivity contribution in [3.05, 3.63) is 58.7 Å². The van der Waals surface area contributed by atoms with Crippen LogP contribution in [0.15, 0.2) is 47.0 Å². The van der Waals surface area contributed by atoms with Crippen molar-refractivity contribution in [1.29, 1.82) is 0 Å². The molecule has 156 valence electrons. The fourth-order valence-corrected chi connectivity index (χ4v) is 3.24. The molecule has 8 nitrogen and oxygen atoms in total. The molecule has 0 bridgehead atoms. The monoisotopic (exact) mass is 448 g/mol. The number of pyridine rings is 1. The van der Waals surface area contributed by atoms with Gasteiger partial charge in [0, 0.05) is 10.6 Å². The molecular weight excluding hydrogens is 431 g/mol. The fraction of sp³-hybridized carbons (Fsp3) is 0.300. The molecule has 4 rings (SSSR count). The summed E-state index contributed by atoms with van der Waals surface area (Å²) < 4.78 is 17.0. The first-order valence-corrected chi connectivity index (χ1v) is 10.1. The average Bonchev–Trinajstić information content (AvgIpc) is 3.25. The Bertz CT molecular complexity index is 987. The van der Waals surface area contributed by atoms with E-state index in [2.05, 4.69) is 20.5 Å². The van der Waals surface area contributed by atoms with E-state index in [9.17, 15) is 4.79 Å². The third-order valence-electron chi connectivity index (χ3n) is 4.52. The van der Waals surface area contributed by atoms with Gasteiger partial charge in [-0.1, -0.05) is 23.2 Å². The van der Waals surface area contributed by atoms with Crippen LogP contribution in [0.3, 0.4) is 0 Å². The summed E-state index contributed by atoms with van der Waals surface area (Å²) in [6.45, 7) is 0.231.